The van der Waals surface area contributed by atoms with Gasteiger partial charge in [-0.05, 0) is 0 Å². The number of nitrogens with one attached hydrogen (secondary N) is 1. The van der Waals surface area contributed by atoms with Crippen molar-refractivity contribution < 1.29 is 0 Å². The maximum atomic E-state index is 5.58. The number of hydrogen-bond donors (Lipinski definition) is 1. The van der Waals surface area contributed by atoms with E-state index >= 15 is 0 Å². The second kappa shape index (κ2) is 1.62. The molecule has 0 fully saturated rings. The molecule has 1 N–H and O–H groups in total. The highest BCUT2D eigenvalue weighted by Gasteiger charge is 2.08. The molecule has 1 radical (unpaired) electrons. The lowest BCUT2D eigenvalue weighted by atomic mass is 10.9. The summed E-state index contributed by atoms with van der Waals surface area (Å²) >= 11 is 5.58. The molecule has 0 spiro atoms. The van der Waals surface area contributed by atoms with Crippen LogP contribution in [0.3, 0.4) is 0 Å². The van der Waals surface area contributed by atoms with E-state index in [1.807, 2.05) is 7.05 Å². The van der Waals surface area contributed by atoms with Gasteiger partial charge in [0.25, 0.3) is 0 Å². The summed E-state index contributed by atoms with van der Waals surface area (Å²) in [5.74, 6) is 0. The fourth-order valence-electron chi connectivity index (χ4n) is 0.385. The molecule has 1 aliphatic rings. The molecule has 0 aromatic heterocycles. The Kier molecular flexibility index (Phi) is 1.11. The van der Waals surface area contributed by atoms with Crippen LogP contribution in [0.1, 0.15) is 0 Å². The summed E-state index contributed by atoms with van der Waals surface area (Å²) in [5.41, 5.74) is -0.0972. The lowest BCUT2D eigenvalue weighted by Gasteiger charge is -2.11. The van der Waals surface area contributed by atoms with E-state index in [0.717, 1.165) is 0 Å². The van der Waals surface area contributed by atoms with Crippen LogP contribution < -0.4 is 5.32 Å². The number of halogens is 1. The molecule has 0 amide bonds. The highest BCUT2D eigenvalue weighted by atomic mass is 35.5. The van der Waals surface area contributed by atoms with Gasteiger partial charge in [0.05, 0.1) is 6.20 Å². The highest BCUT2D eigenvalue weighted by molar-refractivity contribution is 6.20. The van der Waals surface area contributed by atoms with Gasteiger partial charge in [0.2, 0.25) is 0 Å². The SMILES string of the molecule is CN1[C]=CNC1Cl. The van der Waals surface area contributed by atoms with Crippen LogP contribution in [0.4, 0.5) is 0 Å². The molecule has 1 unspecified atom stereocenters. The highest BCUT2D eigenvalue weighted by Crippen LogP contribution is 2.02. The zero-order chi connectivity index (χ0) is 5.28. The molecule has 1 aliphatic heterocycles. The van der Waals surface area contributed by atoms with Crippen molar-refractivity contribution in [3.8, 4) is 0 Å². The molecule has 0 bridgehead atoms. The number of rotatable bonds is 0. The summed E-state index contributed by atoms with van der Waals surface area (Å²) in [6.07, 6.45) is 4.53. The van der Waals surface area contributed by atoms with Crippen LogP contribution in [0.5, 0.6) is 0 Å². The Morgan fingerprint density at radius 2 is 2.71 bits per heavy atom. The number of nitrogens with zero attached hydrogens (tertiary/aromatic N) is 1. The van der Waals surface area contributed by atoms with Gasteiger partial charge in [-0.3, -0.25) is 0 Å². The van der Waals surface area contributed by atoms with E-state index < -0.39 is 0 Å². The van der Waals surface area contributed by atoms with Crippen molar-refractivity contribution in [2.45, 2.75) is 5.62 Å². The molecule has 1 rings (SSSR count). The predicted molar refractivity (Wildman–Crippen MR) is 28.4 cm³/mol. The third-order valence-corrected chi connectivity index (χ3v) is 1.25. The normalized spacial score (nSPS) is 28.3. The molecule has 1 atom stereocenters. The monoisotopic (exact) mass is 117 g/mol. The van der Waals surface area contributed by atoms with Gasteiger partial charge in [-0.25, -0.2) is 0 Å². The summed E-state index contributed by atoms with van der Waals surface area (Å²) in [6.45, 7) is 0. The van der Waals surface area contributed by atoms with E-state index in [9.17, 15) is 0 Å². The van der Waals surface area contributed by atoms with Crippen LogP contribution in [0.25, 0.3) is 0 Å². The number of hydrogen-bond acceptors (Lipinski definition) is 2. The lowest BCUT2D eigenvalue weighted by Crippen LogP contribution is -2.25. The van der Waals surface area contributed by atoms with Gasteiger partial charge in [0.15, 0.2) is 5.62 Å². The van der Waals surface area contributed by atoms with Gasteiger partial charge >= 0.3 is 0 Å². The molecule has 7 heavy (non-hydrogen) atoms. The molecule has 0 aromatic rings. The quantitative estimate of drug-likeness (QED) is 0.363. The van der Waals surface area contributed by atoms with E-state index in [1.165, 1.54) is 0 Å². The minimum Gasteiger partial charge on any atom is -0.357 e. The Balaban J connectivity index is 2.45. The van der Waals surface area contributed by atoms with Gasteiger partial charge < -0.3 is 10.2 Å². The summed E-state index contributed by atoms with van der Waals surface area (Å²) in [4.78, 5) is 1.75. The minimum absolute atomic E-state index is 0.0972. The van der Waals surface area contributed by atoms with Crippen molar-refractivity contribution in [1.29, 1.82) is 0 Å². The van der Waals surface area contributed by atoms with E-state index in [0.29, 0.717) is 0 Å². The van der Waals surface area contributed by atoms with Crippen LogP contribution in [0.15, 0.2) is 6.20 Å². The molecular formula is C4H6ClN2. The molecule has 0 aromatic carbocycles. The molecule has 0 saturated carbocycles. The molecule has 2 nitrogen and oxygen atoms in total. The largest absolute Gasteiger partial charge is 0.357 e. The van der Waals surface area contributed by atoms with E-state index in [4.69, 9.17) is 11.6 Å². The topological polar surface area (TPSA) is 15.3 Å². The van der Waals surface area contributed by atoms with Crippen molar-refractivity contribution >= 4 is 11.6 Å². The Labute approximate surface area is 47.8 Å². The Morgan fingerprint density at radius 1 is 2.00 bits per heavy atom. The Morgan fingerprint density at radius 3 is 2.86 bits per heavy atom. The zero-order valence-electron chi connectivity index (χ0n) is 3.98. The average Bonchev–Trinajstić information content (AvgIpc) is 1.91. The maximum absolute atomic E-state index is 5.58. The maximum Gasteiger partial charge on any atom is 0.177 e. The Bertz CT molecular complexity index is 91.7. The van der Waals surface area contributed by atoms with Crippen molar-refractivity contribution in [2.24, 2.45) is 0 Å². The second-order valence-electron chi connectivity index (χ2n) is 1.39. The van der Waals surface area contributed by atoms with Gasteiger partial charge in [-0.1, -0.05) is 11.6 Å². The van der Waals surface area contributed by atoms with Gasteiger partial charge in [0.1, 0.15) is 0 Å². The third-order valence-electron chi connectivity index (χ3n) is 0.829. The summed E-state index contributed by atoms with van der Waals surface area (Å²) < 4.78 is 0. The molecule has 1 heterocycles. The summed E-state index contributed by atoms with van der Waals surface area (Å²) in [6, 6.07) is 0. The van der Waals surface area contributed by atoms with E-state index in [-0.39, 0.29) is 5.62 Å². The number of alkyl halides is 1. The standard InChI is InChI=1S/C4H6ClN2/c1-7-3-2-6-4(7)5/h2,4,6H,1H3. The molecule has 0 aliphatic carbocycles. The van der Waals surface area contributed by atoms with E-state index in [2.05, 4.69) is 11.5 Å². The van der Waals surface area contributed by atoms with Crippen LogP contribution in [-0.2, 0) is 0 Å². The van der Waals surface area contributed by atoms with Crippen molar-refractivity contribution in [2.75, 3.05) is 7.05 Å². The summed E-state index contributed by atoms with van der Waals surface area (Å²) in [5, 5.41) is 2.82. The average molecular weight is 118 g/mol. The van der Waals surface area contributed by atoms with Crippen molar-refractivity contribution in [3.05, 3.63) is 12.4 Å². The summed E-state index contributed by atoms with van der Waals surface area (Å²) in [7, 11) is 1.86. The second-order valence-corrected chi connectivity index (χ2v) is 1.80. The van der Waals surface area contributed by atoms with Gasteiger partial charge in [-0.2, -0.15) is 0 Å². The lowest BCUT2D eigenvalue weighted by molar-refractivity contribution is 0.414. The van der Waals surface area contributed by atoms with E-state index in [1.54, 1.807) is 11.1 Å². The van der Waals surface area contributed by atoms with Crippen LogP contribution in [0.2, 0.25) is 0 Å². The van der Waals surface area contributed by atoms with Crippen molar-refractivity contribution in [1.82, 2.24) is 10.2 Å². The zero-order valence-corrected chi connectivity index (χ0v) is 4.74. The fraction of sp³-hybridized carbons (Fsp3) is 0.500. The predicted octanol–water partition coefficient (Wildman–Crippen LogP) is 0.318. The first kappa shape index (κ1) is 4.78. The molecule has 0 saturated heterocycles. The van der Waals surface area contributed by atoms with Crippen molar-refractivity contribution in [3.63, 3.8) is 0 Å². The van der Waals surface area contributed by atoms with Gasteiger partial charge in [0, 0.05) is 13.2 Å². The molecular weight excluding hydrogens is 112 g/mol. The third kappa shape index (κ3) is 0.800. The first-order valence-corrected chi connectivity index (χ1v) is 2.45. The first-order valence-electron chi connectivity index (χ1n) is 2.01. The fourth-order valence-corrected chi connectivity index (χ4v) is 0.504. The van der Waals surface area contributed by atoms with Gasteiger partial charge in [-0.15, -0.1) is 0 Å². The Hall–Kier alpha value is -0.370. The smallest absolute Gasteiger partial charge is 0.177 e. The minimum atomic E-state index is -0.0972. The molecule has 39 valence electrons. The van der Waals surface area contributed by atoms with Crippen LogP contribution in [0, 0.1) is 6.20 Å². The van der Waals surface area contributed by atoms with Crippen LogP contribution >= 0.6 is 11.6 Å². The first-order chi connectivity index (χ1) is 3.30. The molecule has 3 heteroatoms. The van der Waals surface area contributed by atoms with Crippen LogP contribution in [-0.4, -0.2) is 17.6 Å².